The Bertz CT molecular complexity index is 591. The molecule has 1 saturated heterocycles. The van der Waals surface area contributed by atoms with E-state index in [0.29, 0.717) is 0 Å². The van der Waals surface area contributed by atoms with Crippen molar-refractivity contribution < 1.29 is 4.74 Å². The molecule has 2 heterocycles. The number of ether oxygens (including phenoxy) is 1. The largest absolute Gasteiger partial charge is 0.378 e. The van der Waals surface area contributed by atoms with Gasteiger partial charge in [0.1, 0.15) is 5.82 Å². The number of aromatic nitrogens is 2. The summed E-state index contributed by atoms with van der Waals surface area (Å²) in [4.78, 5) is 10.6. The third-order valence-electron chi connectivity index (χ3n) is 4.42. The number of morpholine rings is 1. The van der Waals surface area contributed by atoms with E-state index in [2.05, 4.69) is 39.1 Å². The van der Waals surface area contributed by atoms with Gasteiger partial charge in [-0.2, -0.15) is 0 Å². The molecule has 4 rings (SSSR count). The van der Waals surface area contributed by atoms with Gasteiger partial charge in [0.2, 0.25) is 0 Å². The molecular formula is C17H21N3O. The van der Waals surface area contributed by atoms with E-state index in [0.717, 1.165) is 37.2 Å². The van der Waals surface area contributed by atoms with Crippen LogP contribution < -0.4 is 0 Å². The van der Waals surface area contributed by atoms with Crippen LogP contribution in [-0.4, -0.2) is 41.2 Å². The van der Waals surface area contributed by atoms with Crippen LogP contribution in [0.25, 0.3) is 11.3 Å². The summed E-state index contributed by atoms with van der Waals surface area (Å²) in [6.07, 6.45) is 4.71. The highest BCUT2D eigenvalue weighted by molar-refractivity contribution is 5.58. The number of imidazole rings is 1. The second kappa shape index (κ2) is 5.62. The Morgan fingerprint density at radius 3 is 2.90 bits per heavy atom. The van der Waals surface area contributed by atoms with Gasteiger partial charge in [-0.25, -0.2) is 4.98 Å². The maximum absolute atomic E-state index is 5.68. The molecule has 1 aromatic carbocycles. The van der Waals surface area contributed by atoms with Gasteiger partial charge in [0.05, 0.1) is 31.1 Å². The summed E-state index contributed by atoms with van der Waals surface area (Å²) in [6, 6.07) is 10.6. The maximum atomic E-state index is 5.68. The number of hydrogen-bond acceptors (Lipinski definition) is 3. The van der Waals surface area contributed by atoms with Crippen molar-refractivity contribution in [2.45, 2.75) is 18.9 Å². The highest BCUT2D eigenvalue weighted by Gasteiger charge is 2.32. The molecule has 2 fully saturated rings. The molecule has 1 aromatic heterocycles. The van der Waals surface area contributed by atoms with E-state index < -0.39 is 0 Å². The number of rotatable bonds is 4. The van der Waals surface area contributed by atoms with Gasteiger partial charge in [0.25, 0.3) is 0 Å². The molecule has 0 bridgehead atoms. The Hall–Kier alpha value is -1.65. The Morgan fingerprint density at radius 1 is 1.24 bits per heavy atom. The average molecular weight is 283 g/mol. The minimum atomic E-state index is 0.275. The van der Waals surface area contributed by atoms with Crippen LogP contribution in [0.2, 0.25) is 0 Å². The Kier molecular flexibility index (Phi) is 3.49. The third kappa shape index (κ3) is 2.87. The van der Waals surface area contributed by atoms with E-state index in [1.54, 1.807) is 0 Å². The highest BCUT2D eigenvalue weighted by Crippen LogP contribution is 2.33. The van der Waals surface area contributed by atoms with E-state index in [1.165, 1.54) is 24.9 Å². The van der Waals surface area contributed by atoms with E-state index >= 15 is 0 Å². The third-order valence-corrected chi connectivity index (χ3v) is 4.42. The molecule has 1 N–H and O–H groups in total. The first-order valence-electron chi connectivity index (χ1n) is 7.82. The van der Waals surface area contributed by atoms with E-state index in [-0.39, 0.29) is 6.04 Å². The predicted octanol–water partition coefficient (Wildman–Crippen LogP) is 2.86. The van der Waals surface area contributed by atoms with Crippen molar-refractivity contribution in [1.82, 2.24) is 14.9 Å². The summed E-state index contributed by atoms with van der Waals surface area (Å²) in [6.45, 7) is 3.79. The summed E-state index contributed by atoms with van der Waals surface area (Å²) in [5.41, 5.74) is 2.27. The predicted molar refractivity (Wildman–Crippen MR) is 81.9 cm³/mol. The van der Waals surface area contributed by atoms with Gasteiger partial charge in [-0.15, -0.1) is 0 Å². The lowest BCUT2D eigenvalue weighted by Gasteiger charge is -2.34. The van der Waals surface area contributed by atoms with E-state index in [4.69, 9.17) is 4.74 Å². The summed E-state index contributed by atoms with van der Waals surface area (Å²) in [7, 11) is 0. The number of hydrogen-bond donors (Lipinski definition) is 1. The van der Waals surface area contributed by atoms with Crippen molar-refractivity contribution in [3.8, 4) is 11.3 Å². The van der Waals surface area contributed by atoms with Gasteiger partial charge in [-0.3, -0.25) is 4.90 Å². The molecular weight excluding hydrogens is 262 g/mol. The normalized spacial score (nSPS) is 23.3. The van der Waals surface area contributed by atoms with Crippen molar-refractivity contribution in [2.24, 2.45) is 5.92 Å². The zero-order valence-corrected chi connectivity index (χ0v) is 12.2. The Morgan fingerprint density at radius 2 is 2.10 bits per heavy atom. The fraction of sp³-hybridized carbons (Fsp3) is 0.471. The van der Waals surface area contributed by atoms with E-state index in [9.17, 15) is 0 Å². The maximum Gasteiger partial charge on any atom is 0.126 e. The van der Waals surface area contributed by atoms with Gasteiger partial charge < -0.3 is 9.72 Å². The molecule has 1 aliphatic heterocycles. The standard InChI is InChI=1S/C17H21N3O/c1-2-4-14(5-3-1)15-10-18-17(19-15)16-12-21-9-8-20(16)11-13-6-7-13/h1-5,10,13,16H,6-9,11-12H2,(H,18,19)/t16-/m0/s1. The first-order valence-corrected chi connectivity index (χ1v) is 7.82. The van der Waals surface area contributed by atoms with Crippen molar-refractivity contribution in [3.05, 3.63) is 42.4 Å². The van der Waals surface area contributed by atoms with Crippen LogP contribution >= 0.6 is 0 Å². The van der Waals surface area contributed by atoms with Crippen LogP contribution in [0.15, 0.2) is 36.5 Å². The summed E-state index contributed by atoms with van der Waals surface area (Å²) in [5.74, 6) is 1.93. The molecule has 0 unspecified atom stereocenters. The molecule has 1 atom stereocenters. The fourth-order valence-corrected chi connectivity index (χ4v) is 3.01. The lowest BCUT2D eigenvalue weighted by atomic mass is 10.2. The number of benzene rings is 1. The highest BCUT2D eigenvalue weighted by atomic mass is 16.5. The smallest absolute Gasteiger partial charge is 0.126 e. The van der Waals surface area contributed by atoms with Crippen LogP contribution in [-0.2, 0) is 4.74 Å². The molecule has 21 heavy (non-hydrogen) atoms. The van der Waals surface area contributed by atoms with Crippen LogP contribution in [0.5, 0.6) is 0 Å². The van der Waals surface area contributed by atoms with Crippen LogP contribution in [0.4, 0.5) is 0 Å². The van der Waals surface area contributed by atoms with Gasteiger partial charge in [-0.1, -0.05) is 30.3 Å². The summed E-state index contributed by atoms with van der Waals surface area (Å²) >= 11 is 0. The second-order valence-corrected chi connectivity index (χ2v) is 6.08. The van der Waals surface area contributed by atoms with Gasteiger partial charge >= 0.3 is 0 Å². The Balaban J connectivity index is 1.55. The molecule has 1 saturated carbocycles. The van der Waals surface area contributed by atoms with Crippen molar-refractivity contribution in [1.29, 1.82) is 0 Å². The average Bonchev–Trinajstić information content (AvgIpc) is 3.22. The monoisotopic (exact) mass is 283 g/mol. The zero-order valence-electron chi connectivity index (χ0n) is 12.2. The van der Waals surface area contributed by atoms with Gasteiger partial charge in [-0.05, 0) is 24.3 Å². The topological polar surface area (TPSA) is 41.1 Å². The zero-order chi connectivity index (χ0) is 14.1. The molecule has 2 aromatic rings. The molecule has 4 nitrogen and oxygen atoms in total. The number of H-pyrrole nitrogens is 1. The molecule has 110 valence electrons. The lowest BCUT2D eigenvalue weighted by Crippen LogP contribution is -2.41. The quantitative estimate of drug-likeness (QED) is 0.938. The first-order chi connectivity index (χ1) is 10.4. The number of nitrogens with zero attached hydrogens (tertiary/aromatic N) is 2. The van der Waals surface area contributed by atoms with Crippen LogP contribution in [0.1, 0.15) is 24.7 Å². The first kappa shape index (κ1) is 13.0. The molecule has 1 aliphatic carbocycles. The number of aromatic amines is 1. The summed E-state index contributed by atoms with van der Waals surface area (Å²) in [5, 5.41) is 0. The van der Waals surface area contributed by atoms with E-state index in [1.807, 2.05) is 12.3 Å². The van der Waals surface area contributed by atoms with Crippen molar-refractivity contribution in [2.75, 3.05) is 26.3 Å². The van der Waals surface area contributed by atoms with Gasteiger partial charge in [0, 0.05) is 13.1 Å². The summed E-state index contributed by atoms with van der Waals surface area (Å²) < 4.78 is 5.68. The minimum absolute atomic E-state index is 0.275. The van der Waals surface area contributed by atoms with Gasteiger partial charge in [0.15, 0.2) is 0 Å². The van der Waals surface area contributed by atoms with Crippen LogP contribution in [0, 0.1) is 5.92 Å². The molecule has 2 aliphatic rings. The minimum Gasteiger partial charge on any atom is -0.378 e. The molecule has 4 heteroatoms. The SMILES string of the molecule is c1ccc(-c2cnc([C@@H]3COCCN3CC3CC3)[nH]2)cc1. The van der Waals surface area contributed by atoms with Crippen molar-refractivity contribution >= 4 is 0 Å². The number of nitrogens with one attached hydrogen (secondary N) is 1. The Labute approximate surface area is 125 Å². The molecule has 0 spiro atoms. The second-order valence-electron chi connectivity index (χ2n) is 6.08. The fourth-order valence-electron chi connectivity index (χ4n) is 3.01. The molecule has 0 amide bonds. The molecule has 0 radical (unpaired) electrons. The van der Waals surface area contributed by atoms with Crippen molar-refractivity contribution in [3.63, 3.8) is 0 Å². The lowest BCUT2D eigenvalue weighted by molar-refractivity contribution is -0.0134. The van der Waals surface area contributed by atoms with Crippen LogP contribution in [0.3, 0.4) is 0 Å².